The SMILES string of the molecule is Cn1c(=O)c2c(ncn2CCCN[C@H]2CO[C@H]3[C@@H]2OC[C@@H]3O[NH+]([O-])O)n(C)c1=O. The Balaban J connectivity index is 1.34. The fraction of sp³-hybridized carbons (Fsp3) is 0.688. The van der Waals surface area contributed by atoms with Crippen LogP contribution in [0.1, 0.15) is 6.42 Å². The maximum absolute atomic E-state index is 12.4. The predicted octanol–water partition coefficient (Wildman–Crippen LogP) is -3.35. The second kappa shape index (κ2) is 7.95. The van der Waals surface area contributed by atoms with E-state index in [-0.39, 0.29) is 24.3 Å². The topological polar surface area (TPSA) is 149 Å². The van der Waals surface area contributed by atoms with Gasteiger partial charge in [0, 0.05) is 20.6 Å². The van der Waals surface area contributed by atoms with Crippen LogP contribution in [0.25, 0.3) is 11.2 Å². The van der Waals surface area contributed by atoms with E-state index in [1.54, 1.807) is 17.9 Å². The lowest BCUT2D eigenvalue weighted by Crippen LogP contribution is -3.04. The fourth-order valence-corrected chi connectivity index (χ4v) is 3.97. The fourth-order valence-electron chi connectivity index (χ4n) is 3.97. The number of hydrogen-bond donors (Lipinski definition) is 3. The van der Waals surface area contributed by atoms with Gasteiger partial charge in [-0.25, -0.2) is 9.78 Å². The summed E-state index contributed by atoms with van der Waals surface area (Å²) in [6.45, 7) is 1.77. The summed E-state index contributed by atoms with van der Waals surface area (Å²) in [6.07, 6.45) is 1.01. The van der Waals surface area contributed by atoms with Crippen LogP contribution in [-0.2, 0) is 35.0 Å². The molecule has 0 aromatic carbocycles. The molecular formula is C16H24N6O7. The number of nitrogens with one attached hydrogen (secondary N) is 2. The molecule has 160 valence electrons. The highest BCUT2D eigenvalue weighted by Crippen LogP contribution is 2.28. The molecular weight excluding hydrogens is 388 g/mol. The molecule has 0 amide bonds. The number of ether oxygens (including phenoxy) is 2. The average molecular weight is 412 g/mol. The minimum Gasteiger partial charge on any atom is -0.566 e. The minimum absolute atomic E-state index is 0.0596. The summed E-state index contributed by atoms with van der Waals surface area (Å²) in [6, 6.07) is -0.0596. The molecule has 0 bridgehead atoms. The normalized spacial score (nSPS) is 27.6. The number of fused-ring (bicyclic) bond motifs is 2. The van der Waals surface area contributed by atoms with Gasteiger partial charge in [0.15, 0.2) is 17.3 Å². The molecule has 2 aromatic heterocycles. The first-order valence-electron chi connectivity index (χ1n) is 9.35. The average Bonchev–Trinajstić information content (AvgIpc) is 3.38. The van der Waals surface area contributed by atoms with Crippen molar-refractivity contribution in [1.82, 2.24) is 24.0 Å². The van der Waals surface area contributed by atoms with Crippen LogP contribution in [0.4, 0.5) is 0 Å². The van der Waals surface area contributed by atoms with Crippen LogP contribution in [0, 0.1) is 5.21 Å². The van der Waals surface area contributed by atoms with Crippen LogP contribution in [0.5, 0.6) is 0 Å². The van der Waals surface area contributed by atoms with E-state index in [1.165, 1.54) is 11.6 Å². The van der Waals surface area contributed by atoms with Crippen LogP contribution in [0.15, 0.2) is 15.9 Å². The number of aryl methyl sites for hydroxylation is 2. The number of rotatable bonds is 7. The zero-order chi connectivity index (χ0) is 20.7. The van der Waals surface area contributed by atoms with Gasteiger partial charge in [-0.15, -0.1) is 0 Å². The number of imidazole rings is 1. The summed E-state index contributed by atoms with van der Waals surface area (Å²) >= 11 is 0. The molecule has 5 atom stereocenters. The standard InChI is InChI=1S/C16H24N6O7/c1-19-14-11(15(23)20(2)16(19)24)21(8-18-14)5-3-4-17-9-6-27-13-10(29-22(25)26)7-28-12(9)13/h8-10,12-13,17,22,25H,3-7H2,1-2H3/t9-,10-,12+,13+/m0/s1. The maximum atomic E-state index is 12.4. The van der Waals surface area contributed by atoms with Crippen molar-refractivity contribution in [3.63, 3.8) is 0 Å². The van der Waals surface area contributed by atoms with E-state index in [0.29, 0.717) is 37.3 Å². The van der Waals surface area contributed by atoms with Crippen molar-refractivity contribution in [3.05, 3.63) is 32.4 Å². The van der Waals surface area contributed by atoms with E-state index in [1.807, 2.05) is 0 Å². The van der Waals surface area contributed by atoms with E-state index >= 15 is 0 Å². The van der Waals surface area contributed by atoms with Crippen LogP contribution < -0.4 is 22.0 Å². The van der Waals surface area contributed by atoms with Crippen molar-refractivity contribution in [2.24, 2.45) is 14.1 Å². The van der Waals surface area contributed by atoms with Gasteiger partial charge in [-0.3, -0.25) is 13.9 Å². The highest BCUT2D eigenvalue weighted by molar-refractivity contribution is 5.69. The van der Waals surface area contributed by atoms with Crippen molar-refractivity contribution in [2.75, 3.05) is 19.8 Å². The van der Waals surface area contributed by atoms with Gasteiger partial charge in [0.05, 0.1) is 25.6 Å². The summed E-state index contributed by atoms with van der Waals surface area (Å²) in [7, 11) is 3.03. The molecule has 3 N–H and O–H groups in total. The Morgan fingerprint density at radius 2 is 2.07 bits per heavy atom. The summed E-state index contributed by atoms with van der Waals surface area (Å²) in [5.74, 6) is 0. The molecule has 2 fully saturated rings. The highest BCUT2D eigenvalue weighted by Gasteiger charge is 2.49. The molecule has 13 heteroatoms. The summed E-state index contributed by atoms with van der Waals surface area (Å²) in [5, 5.41) is 21.5. The lowest BCUT2D eigenvalue weighted by atomic mass is 10.1. The zero-order valence-corrected chi connectivity index (χ0v) is 16.1. The summed E-state index contributed by atoms with van der Waals surface area (Å²) in [5.41, 5.74) is -0.0232. The molecule has 0 saturated carbocycles. The van der Waals surface area contributed by atoms with E-state index in [0.717, 1.165) is 4.57 Å². The van der Waals surface area contributed by atoms with Crippen LogP contribution in [-0.4, -0.2) is 68.0 Å². The Morgan fingerprint density at radius 1 is 1.31 bits per heavy atom. The number of quaternary nitrogens is 1. The Bertz CT molecular complexity index is 998. The second-order valence-electron chi connectivity index (χ2n) is 7.25. The van der Waals surface area contributed by atoms with Crippen molar-refractivity contribution in [3.8, 4) is 0 Å². The Hall–Kier alpha value is -2.13. The Morgan fingerprint density at radius 3 is 2.83 bits per heavy atom. The van der Waals surface area contributed by atoms with Gasteiger partial charge in [0.2, 0.25) is 0 Å². The summed E-state index contributed by atoms with van der Waals surface area (Å²) in [4.78, 5) is 33.4. The lowest BCUT2D eigenvalue weighted by Gasteiger charge is -2.19. The Kier molecular flexibility index (Phi) is 5.52. The van der Waals surface area contributed by atoms with Gasteiger partial charge in [0.1, 0.15) is 12.2 Å². The van der Waals surface area contributed by atoms with Crippen LogP contribution in [0.3, 0.4) is 0 Å². The summed E-state index contributed by atoms with van der Waals surface area (Å²) < 4.78 is 15.5. The molecule has 0 spiro atoms. The lowest BCUT2D eigenvalue weighted by molar-refractivity contribution is -1.21. The molecule has 2 saturated heterocycles. The van der Waals surface area contributed by atoms with Gasteiger partial charge < -0.3 is 24.6 Å². The van der Waals surface area contributed by atoms with Crippen LogP contribution in [0.2, 0.25) is 0 Å². The van der Waals surface area contributed by atoms with Gasteiger partial charge in [-0.2, -0.15) is 10.0 Å². The smallest absolute Gasteiger partial charge is 0.332 e. The molecule has 2 aromatic rings. The number of nitrogens with zero attached hydrogens (tertiary/aromatic N) is 4. The number of hydrogen-bond acceptors (Lipinski definition) is 9. The van der Waals surface area contributed by atoms with Gasteiger partial charge in [0.25, 0.3) is 5.56 Å². The van der Waals surface area contributed by atoms with E-state index in [2.05, 4.69) is 10.3 Å². The first-order valence-corrected chi connectivity index (χ1v) is 9.35. The van der Waals surface area contributed by atoms with Crippen molar-refractivity contribution < 1.29 is 24.9 Å². The number of aromatic nitrogens is 4. The predicted molar refractivity (Wildman–Crippen MR) is 97.1 cm³/mol. The van der Waals surface area contributed by atoms with Gasteiger partial charge in [-0.05, 0) is 13.0 Å². The van der Waals surface area contributed by atoms with Gasteiger partial charge in [-0.1, -0.05) is 5.39 Å². The second-order valence-corrected chi connectivity index (χ2v) is 7.25. The highest BCUT2D eigenvalue weighted by atomic mass is 17.1. The molecule has 0 radical (unpaired) electrons. The molecule has 1 unspecified atom stereocenters. The van der Waals surface area contributed by atoms with E-state index in [9.17, 15) is 14.8 Å². The molecule has 4 heterocycles. The zero-order valence-electron chi connectivity index (χ0n) is 16.1. The third-order valence-corrected chi connectivity index (χ3v) is 5.46. The molecule has 2 aliphatic heterocycles. The molecule has 4 rings (SSSR count). The monoisotopic (exact) mass is 412 g/mol. The van der Waals surface area contributed by atoms with Crippen molar-refractivity contribution in [2.45, 2.75) is 37.3 Å². The molecule has 29 heavy (non-hydrogen) atoms. The molecule has 13 nitrogen and oxygen atoms in total. The maximum Gasteiger partial charge on any atom is 0.332 e. The third kappa shape index (κ3) is 3.61. The molecule has 2 aliphatic rings. The van der Waals surface area contributed by atoms with Crippen molar-refractivity contribution in [1.29, 1.82) is 0 Å². The molecule has 0 aliphatic carbocycles. The first-order chi connectivity index (χ1) is 13.9. The van der Waals surface area contributed by atoms with Gasteiger partial charge >= 0.3 is 5.69 Å². The van der Waals surface area contributed by atoms with Crippen LogP contribution >= 0.6 is 0 Å². The minimum atomic E-state index is -1.34. The quantitative estimate of drug-likeness (QED) is 0.313. The third-order valence-electron chi connectivity index (χ3n) is 5.46. The van der Waals surface area contributed by atoms with E-state index in [4.69, 9.17) is 19.5 Å². The van der Waals surface area contributed by atoms with E-state index < -0.39 is 23.3 Å². The largest absolute Gasteiger partial charge is 0.566 e. The Labute approximate surface area is 164 Å². The van der Waals surface area contributed by atoms with Crippen molar-refractivity contribution >= 4 is 11.2 Å². The first kappa shape index (κ1) is 20.2.